The summed E-state index contributed by atoms with van der Waals surface area (Å²) in [7, 11) is 0. The number of rotatable bonds is 4. The Balaban J connectivity index is 1.76. The number of carbonyl (C=O) groups excluding carboxylic acids is 1. The summed E-state index contributed by atoms with van der Waals surface area (Å²) in [6.07, 6.45) is 1.37. The van der Waals surface area contributed by atoms with Gasteiger partial charge in [-0.05, 0) is 12.1 Å². The molecule has 0 saturated carbocycles. The number of aromatic amines is 1. The van der Waals surface area contributed by atoms with E-state index < -0.39 is 5.91 Å². The molecule has 0 saturated heterocycles. The lowest BCUT2D eigenvalue weighted by Crippen LogP contribution is -2.24. The number of amides is 1. The molecule has 21 heavy (non-hydrogen) atoms. The van der Waals surface area contributed by atoms with Crippen LogP contribution in [0.3, 0.4) is 0 Å². The molecule has 0 radical (unpaired) electrons. The Bertz CT molecular complexity index is 736. The number of aromatic nitrogens is 6. The van der Waals surface area contributed by atoms with Gasteiger partial charge in [0.1, 0.15) is 0 Å². The van der Waals surface area contributed by atoms with Crippen molar-refractivity contribution < 1.29 is 9.90 Å². The van der Waals surface area contributed by atoms with Crippen molar-refractivity contribution in [3.8, 4) is 11.4 Å². The van der Waals surface area contributed by atoms with Crippen LogP contribution in [0.1, 0.15) is 16.3 Å². The molecule has 2 heterocycles. The fourth-order valence-corrected chi connectivity index (χ4v) is 1.74. The summed E-state index contributed by atoms with van der Waals surface area (Å²) in [6.45, 7) is 0.0902. The zero-order valence-electron chi connectivity index (χ0n) is 10.8. The summed E-state index contributed by atoms with van der Waals surface area (Å²) in [6, 6.07) is 9.17. The second kappa shape index (κ2) is 5.41. The first-order valence-corrected chi connectivity index (χ1v) is 6.08. The molecular weight excluding hydrogens is 274 g/mol. The number of tetrazole rings is 1. The van der Waals surface area contributed by atoms with Gasteiger partial charge in [0, 0.05) is 0 Å². The van der Waals surface area contributed by atoms with Gasteiger partial charge in [-0.15, -0.1) is 10.2 Å². The van der Waals surface area contributed by atoms with Crippen molar-refractivity contribution in [2.75, 3.05) is 0 Å². The number of hydrogen-bond donors (Lipinski definition) is 3. The van der Waals surface area contributed by atoms with Crippen LogP contribution in [-0.2, 0) is 6.54 Å². The molecule has 0 unspecified atom stereocenters. The third-order valence-corrected chi connectivity index (χ3v) is 2.73. The highest BCUT2D eigenvalue weighted by atomic mass is 16.3. The maximum atomic E-state index is 12.0. The summed E-state index contributed by atoms with van der Waals surface area (Å²) in [5.41, 5.74) is 0.673. The van der Waals surface area contributed by atoms with E-state index in [4.69, 9.17) is 0 Å². The van der Waals surface area contributed by atoms with Crippen molar-refractivity contribution in [2.45, 2.75) is 6.54 Å². The highest BCUT2D eigenvalue weighted by Gasteiger charge is 2.17. The third-order valence-electron chi connectivity index (χ3n) is 2.73. The molecule has 3 aromatic rings. The Labute approximate surface area is 118 Å². The van der Waals surface area contributed by atoms with Gasteiger partial charge < -0.3 is 10.4 Å². The van der Waals surface area contributed by atoms with Crippen molar-refractivity contribution in [3.63, 3.8) is 0 Å². The van der Waals surface area contributed by atoms with E-state index in [1.54, 1.807) is 0 Å². The van der Waals surface area contributed by atoms with Crippen LogP contribution in [0.5, 0.6) is 5.75 Å². The van der Waals surface area contributed by atoms with E-state index in [0.29, 0.717) is 5.82 Å². The van der Waals surface area contributed by atoms with E-state index in [1.807, 2.05) is 30.3 Å². The molecule has 0 fully saturated rings. The molecule has 0 aliphatic carbocycles. The number of nitrogens with zero attached hydrogens (tertiary/aromatic N) is 5. The van der Waals surface area contributed by atoms with Gasteiger partial charge in [-0.2, -0.15) is 10.3 Å². The molecule has 1 amide bonds. The fourth-order valence-electron chi connectivity index (χ4n) is 1.74. The lowest BCUT2D eigenvalue weighted by Gasteiger charge is -2.00. The molecule has 9 nitrogen and oxygen atoms in total. The van der Waals surface area contributed by atoms with Crippen LogP contribution in [0.2, 0.25) is 0 Å². The lowest BCUT2D eigenvalue weighted by molar-refractivity contribution is 0.0942. The van der Waals surface area contributed by atoms with Crippen molar-refractivity contribution in [3.05, 3.63) is 48.0 Å². The number of benzene rings is 1. The molecule has 3 N–H and O–H groups in total. The molecule has 3 rings (SSSR count). The monoisotopic (exact) mass is 285 g/mol. The molecule has 9 heteroatoms. The van der Waals surface area contributed by atoms with Crippen molar-refractivity contribution >= 4 is 5.91 Å². The Morgan fingerprint density at radius 2 is 2.14 bits per heavy atom. The SMILES string of the molecule is O=C(NCc1nn[nH]n1)c1nn(-c2ccccc2)cc1O. The van der Waals surface area contributed by atoms with Crippen molar-refractivity contribution in [2.24, 2.45) is 0 Å². The standard InChI is InChI=1S/C12H11N7O2/c20-9-7-19(8-4-2-1-3-5-8)16-11(9)12(21)13-6-10-14-17-18-15-10/h1-5,7,20H,6H2,(H,13,21)(H,14,15,17,18). The van der Waals surface area contributed by atoms with Gasteiger partial charge in [0.25, 0.3) is 5.91 Å². The largest absolute Gasteiger partial charge is 0.504 e. The van der Waals surface area contributed by atoms with E-state index in [-0.39, 0.29) is 18.0 Å². The Hall–Kier alpha value is -3.23. The third kappa shape index (κ3) is 2.71. The minimum absolute atomic E-state index is 0.0673. The van der Waals surface area contributed by atoms with Gasteiger partial charge >= 0.3 is 0 Å². The number of nitrogens with one attached hydrogen (secondary N) is 2. The van der Waals surface area contributed by atoms with E-state index in [9.17, 15) is 9.90 Å². The van der Waals surface area contributed by atoms with Crippen LogP contribution in [-0.4, -0.2) is 41.4 Å². The van der Waals surface area contributed by atoms with Crippen molar-refractivity contribution in [1.29, 1.82) is 0 Å². The summed E-state index contributed by atoms with van der Waals surface area (Å²) < 4.78 is 1.43. The van der Waals surface area contributed by atoms with Crippen molar-refractivity contribution in [1.82, 2.24) is 35.7 Å². The quantitative estimate of drug-likeness (QED) is 0.621. The Morgan fingerprint density at radius 3 is 2.86 bits per heavy atom. The van der Waals surface area contributed by atoms with Crippen LogP contribution in [0.15, 0.2) is 36.5 Å². The first kappa shape index (κ1) is 12.8. The minimum atomic E-state index is -0.521. The number of aromatic hydroxyl groups is 1. The van der Waals surface area contributed by atoms with E-state index >= 15 is 0 Å². The predicted octanol–water partition coefficient (Wildman–Crippen LogP) is 0.0210. The molecule has 0 spiro atoms. The summed E-state index contributed by atoms with van der Waals surface area (Å²) in [5.74, 6) is -0.387. The Kier molecular flexibility index (Phi) is 3.29. The summed E-state index contributed by atoms with van der Waals surface area (Å²) in [4.78, 5) is 12.0. The van der Waals surface area contributed by atoms with E-state index in [1.165, 1.54) is 10.9 Å². The van der Waals surface area contributed by atoms with Crippen LogP contribution in [0.25, 0.3) is 5.69 Å². The van der Waals surface area contributed by atoms with Crippen LogP contribution in [0.4, 0.5) is 0 Å². The Morgan fingerprint density at radius 1 is 1.33 bits per heavy atom. The smallest absolute Gasteiger partial charge is 0.276 e. The molecule has 106 valence electrons. The molecule has 0 bridgehead atoms. The second-order valence-electron chi connectivity index (χ2n) is 4.15. The van der Waals surface area contributed by atoms with E-state index in [0.717, 1.165) is 5.69 Å². The van der Waals surface area contributed by atoms with Gasteiger partial charge in [-0.1, -0.05) is 23.4 Å². The lowest BCUT2D eigenvalue weighted by atomic mass is 10.3. The topological polar surface area (TPSA) is 122 Å². The predicted molar refractivity (Wildman–Crippen MR) is 70.6 cm³/mol. The molecule has 0 aliphatic heterocycles. The molecule has 1 aromatic carbocycles. The maximum Gasteiger partial charge on any atom is 0.276 e. The molecule has 0 aliphatic rings. The molecular formula is C12H11N7O2. The van der Waals surface area contributed by atoms with Crippen LogP contribution in [0, 0.1) is 0 Å². The van der Waals surface area contributed by atoms with Crippen LogP contribution < -0.4 is 5.32 Å². The molecule has 2 aromatic heterocycles. The normalized spacial score (nSPS) is 10.5. The number of para-hydroxylation sites is 1. The number of carbonyl (C=O) groups is 1. The average Bonchev–Trinajstić information content (AvgIpc) is 3.15. The highest BCUT2D eigenvalue weighted by molar-refractivity contribution is 5.94. The average molecular weight is 285 g/mol. The zero-order chi connectivity index (χ0) is 14.7. The van der Waals surface area contributed by atoms with Crippen LogP contribution >= 0.6 is 0 Å². The van der Waals surface area contributed by atoms with Gasteiger partial charge in [0.05, 0.1) is 18.4 Å². The second-order valence-corrected chi connectivity index (χ2v) is 4.15. The van der Waals surface area contributed by atoms with E-state index in [2.05, 4.69) is 31.0 Å². The highest BCUT2D eigenvalue weighted by Crippen LogP contribution is 2.17. The van der Waals surface area contributed by atoms with Gasteiger partial charge in [-0.3, -0.25) is 4.79 Å². The van der Waals surface area contributed by atoms with Gasteiger partial charge in [0.15, 0.2) is 17.3 Å². The summed E-state index contributed by atoms with van der Waals surface area (Å²) >= 11 is 0. The molecule has 0 atom stereocenters. The zero-order valence-corrected chi connectivity index (χ0v) is 10.8. The van der Waals surface area contributed by atoms with Gasteiger partial charge in [-0.25, -0.2) is 4.68 Å². The first-order valence-electron chi connectivity index (χ1n) is 6.08. The minimum Gasteiger partial charge on any atom is -0.504 e. The number of hydrogen-bond acceptors (Lipinski definition) is 6. The summed E-state index contributed by atoms with van der Waals surface area (Å²) in [5, 5.41) is 29.5. The van der Waals surface area contributed by atoms with Gasteiger partial charge in [0.2, 0.25) is 0 Å². The fraction of sp³-hybridized carbons (Fsp3) is 0.0833. The first-order chi connectivity index (χ1) is 10.2. The maximum absolute atomic E-state index is 12.0. The number of H-pyrrole nitrogens is 1.